The molecule has 1 aliphatic rings. The Balaban J connectivity index is 1.81. The highest BCUT2D eigenvalue weighted by molar-refractivity contribution is 7.15. The van der Waals surface area contributed by atoms with Crippen LogP contribution >= 0.6 is 11.3 Å². The Bertz CT molecular complexity index is 463. The number of likely N-dealkylation sites (N-methyl/N-ethyl adjacent to an activating group) is 1. The Morgan fingerprint density at radius 3 is 2.90 bits per heavy atom. The van der Waals surface area contributed by atoms with Crippen LogP contribution in [0.5, 0.6) is 0 Å². The third-order valence-corrected chi connectivity index (χ3v) is 4.72. The van der Waals surface area contributed by atoms with E-state index in [1.54, 1.807) is 0 Å². The highest BCUT2D eigenvalue weighted by Crippen LogP contribution is 2.19. The molecular weight excluding hydrogens is 274 g/mol. The number of nitrogens with one attached hydrogen (secondary N) is 1. The molecule has 0 aromatic carbocycles. The first-order chi connectivity index (χ1) is 9.45. The number of hydrogen-bond donors (Lipinski definition) is 1. The van der Waals surface area contributed by atoms with Gasteiger partial charge in [0.15, 0.2) is 0 Å². The summed E-state index contributed by atoms with van der Waals surface area (Å²) < 4.78 is 0. The molecule has 1 fully saturated rings. The Morgan fingerprint density at radius 1 is 1.55 bits per heavy atom. The number of nitrogens with zero attached hydrogens (tertiary/aromatic N) is 4. The molecule has 1 aromatic rings. The summed E-state index contributed by atoms with van der Waals surface area (Å²) in [6.45, 7) is 5.61. The van der Waals surface area contributed by atoms with E-state index in [0.29, 0.717) is 23.8 Å². The summed E-state index contributed by atoms with van der Waals surface area (Å²) in [5.41, 5.74) is 0. The summed E-state index contributed by atoms with van der Waals surface area (Å²) >= 11 is 1.40. The molecule has 0 spiro atoms. The average Bonchev–Trinajstić information content (AvgIpc) is 2.77. The summed E-state index contributed by atoms with van der Waals surface area (Å²) in [5.74, 6) is -0.0183. The smallest absolute Gasteiger partial charge is 0.240 e. The second-order valence-corrected chi connectivity index (χ2v) is 6.78. The second-order valence-electron chi connectivity index (χ2n) is 5.60. The molecule has 1 N–H and O–H groups in total. The number of hydrogen-bond acceptors (Lipinski definition) is 6. The van der Waals surface area contributed by atoms with Crippen molar-refractivity contribution >= 4 is 22.4 Å². The van der Waals surface area contributed by atoms with Gasteiger partial charge in [0.1, 0.15) is 5.01 Å². The third kappa shape index (κ3) is 3.97. The predicted octanol–water partition coefficient (Wildman–Crippen LogP) is 1.20. The summed E-state index contributed by atoms with van der Waals surface area (Å²) in [6, 6.07) is 1.05. The summed E-state index contributed by atoms with van der Waals surface area (Å²) in [6.07, 6.45) is 2.22. The number of likely N-dealkylation sites (tertiary alicyclic amines) is 1. The van der Waals surface area contributed by atoms with E-state index in [1.165, 1.54) is 11.3 Å². The SMILES string of the molecule is Cc1nnc(NC(=O)CN(C)[C@H]2CCN(C)[C@@H](C)C2)s1. The largest absolute Gasteiger partial charge is 0.304 e. The van der Waals surface area contributed by atoms with Gasteiger partial charge in [0.05, 0.1) is 6.54 Å². The molecule has 1 aromatic heterocycles. The van der Waals surface area contributed by atoms with Gasteiger partial charge in [-0.2, -0.15) is 0 Å². The lowest BCUT2D eigenvalue weighted by atomic mass is 9.98. The first-order valence-electron chi connectivity index (χ1n) is 6.96. The quantitative estimate of drug-likeness (QED) is 0.905. The molecule has 6 nitrogen and oxygen atoms in total. The Labute approximate surface area is 124 Å². The van der Waals surface area contributed by atoms with Crippen molar-refractivity contribution in [3.05, 3.63) is 5.01 Å². The van der Waals surface area contributed by atoms with E-state index in [9.17, 15) is 4.79 Å². The number of aromatic nitrogens is 2. The van der Waals surface area contributed by atoms with Crippen molar-refractivity contribution in [1.82, 2.24) is 20.0 Å². The standard InChI is InChI=1S/C13H23N5OS/c1-9-7-11(5-6-17(9)3)18(4)8-12(19)14-13-16-15-10(2)20-13/h9,11H,5-8H2,1-4H3,(H,14,16,19)/t9-,11-/m0/s1. The Kier molecular flexibility index (Phi) is 5.06. The van der Waals surface area contributed by atoms with Gasteiger partial charge in [-0.05, 0) is 47.3 Å². The van der Waals surface area contributed by atoms with Crippen LogP contribution in [0.15, 0.2) is 0 Å². The van der Waals surface area contributed by atoms with Gasteiger partial charge in [-0.1, -0.05) is 11.3 Å². The van der Waals surface area contributed by atoms with Crippen molar-refractivity contribution in [3.63, 3.8) is 0 Å². The van der Waals surface area contributed by atoms with E-state index in [-0.39, 0.29) is 5.91 Å². The number of carbonyl (C=O) groups is 1. The first kappa shape index (κ1) is 15.3. The molecule has 1 aliphatic heterocycles. The molecule has 1 amide bonds. The fraction of sp³-hybridized carbons (Fsp3) is 0.769. The molecule has 2 rings (SSSR count). The average molecular weight is 297 g/mol. The van der Waals surface area contributed by atoms with Crippen LogP contribution in [-0.4, -0.2) is 65.2 Å². The van der Waals surface area contributed by atoms with E-state index < -0.39 is 0 Å². The van der Waals surface area contributed by atoms with Gasteiger partial charge in [0.2, 0.25) is 11.0 Å². The van der Waals surface area contributed by atoms with Crippen molar-refractivity contribution in [2.24, 2.45) is 0 Å². The summed E-state index contributed by atoms with van der Waals surface area (Å²) in [5, 5.41) is 12.0. The van der Waals surface area contributed by atoms with Gasteiger partial charge in [0.25, 0.3) is 0 Å². The van der Waals surface area contributed by atoms with Crippen LogP contribution < -0.4 is 5.32 Å². The van der Waals surface area contributed by atoms with Crippen LogP contribution in [0.2, 0.25) is 0 Å². The van der Waals surface area contributed by atoms with Crippen molar-refractivity contribution < 1.29 is 4.79 Å². The maximum Gasteiger partial charge on any atom is 0.240 e. The highest BCUT2D eigenvalue weighted by Gasteiger charge is 2.26. The molecule has 1 saturated heterocycles. The van der Waals surface area contributed by atoms with Gasteiger partial charge in [-0.25, -0.2) is 0 Å². The topological polar surface area (TPSA) is 61.4 Å². The van der Waals surface area contributed by atoms with Gasteiger partial charge in [-0.15, -0.1) is 10.2 Å². The van der Waals surface area contributed by atoms with Gasteiger partial charge >= 0.3 is 0 Å². The number of carbonyl (C=O) groups excluding carboxylic acids is 1. The maximum absolute atomic E-state index is 12.0. The van der Waals surface area contributed by atoms with E-state index in [1.807, 2.05) is 14.0 Å². The highest BCUT2D eigenvalue weighted by atomic mass is 32.1. The van der Waals surface area contributed by atoms with Crippen molar-refractivity contribution in [2.75, 3.05) is 32.5 Å². The number of anilines is 1. The minimum atomic E-state index is -0.0183. The monoisotopic (exact) mass is 297 g/mol. The van der Waals surface area contributed by atoms with Gasteiger partial charge in [0, 0.05) is 12.1 Å². The minimum Gasteiger partial charge on any atom is -0.304 e. The molecule has 2 heterocycles. The predicted molar refractivity (Wildman–Crippen MR) is 81.0 cm³/mol. The fourth-order valence-electron chi connectivity index (χ4n) is 2.53. The lowest BCUT2D eigenvalue weighted by Gasteiger charge is -2.39. The van der Waals surface area contributed by atoms with Crippen LogP contribution in [0.25, 0.3) is 0 Å². The number of rotatable bonds is 4. The molecule has 0 saturated carbocycles. The summed E-state index contributed by atoms with van der Waals surface area (Å²) in [4.78, 5) is 16.5. The molecule has 0 radical (unpaired) electrons. The van der Waals surface area contributed by atoms with Crippen LogP contribution in [0, 0.1) is 6.92 Å². The van der Waals surface area contributed by atoms with Gasteiger partial charge < -0.3 is 4.90 Å². The number of aryl methyl sites for hydroxylation is 1. The zero-order valence-corrected chi connectivity index (χ0v) is 13.4. The van der Waals surface area contributed by atoms with E-state index in [0.717, 1.165) is 24.4 Å². The lowest BCUT2D eigenvalue weighted by molar-refractivity contribution is -0.117. The van der Waals surface area contributed by atoms with Crippen LogP contribution in [0.1, 0.15) is 24.8 Å². The van der Waals surface area contributed by atoms with Crippen molar-refractivity contribution in [2.45, 2.75) is 38.8 Å². The van der Waals surface area contributed by atoms with Crippen molar-refractivity contribution in [1.29, 1.82) is 0 Å². The molecule has 112 valence electrons. The maximum atomic E-state index is 12.0. The number of piperidine rings is 1. The normalized spacial score (nSPS) is 24.1. The molecule has 0 aliphatic carbocycles. The minimum absolute atomic E-state index is 0.0183. The van der Waals surface area contributed by atoms with E-state index >= 15 is 0 Å². The molecular formula is C13H23N5OS. The van der Waals surface area contributed by atoms with Crippen molar-refractivity contribution in [3.8, 4) is 0 Å². The van der Waals surface area contributed by atoms with Crippen LogP contribution in [-0.2, 0) is 4.79 Å². The van der Waals surface area contributed by atoms with Crippen LogP contribution in [0.4, 0.5) is 5.13 Å². The van der Waals surface area contributed by atoms with Crippen LogP contribution in [0.3, 0.4) is 0 Å². The molecule has 7 heteroatoms. The Hall–Kier alpha value is -1.05. The lowest BCUT2D eigenvalue weighted by Crippen LogP contribution is -2.48. The van der Waals surface area contributed by atoms with Gasteiger partial charge in [-0.3, -0.25) is 15.0 Å². The fourth-order valence-corrected chi connectivity index (χ4v) is 3.13. The molecule has 0 unspecified atom stereocenters. The molecule has 2 atom stereocenters. The second kappa shape index (κ2) is 6.60. The number of amides is 1. The molecule has 20 heavy (non-hydrogen) atoms. The zero-order valence-electron chi connectivity index (χ0n) is 12.6. The van der Waals surface area contributed by atoms with E-state index in [2.05, 4.69) is 39.3 Å². The third-order valence-electron chi connectivity index (χ3n) is 3.97. The zero-order chi connectivity index (χ0) is 14.7. The first-order valence-corrected chi connectivity index (χ1v) is 7.78. The summed E-state index contributed by atoms with van der Waals surface area (Å²) in [7, 11) is 4.18. The molecule has 0 bridgehead atoms. The van der Waals surface area contributed by atoms with E-state index in [4.69, 9.17) is 0 Å². The Morgan fingerprint density at radius 2 is 2.30 bits per heavy atom.